The first-order chi connectivity index (χ1) is 7.94. The molecule has 1 N–H and O–H groups in total. The standard InChI is InChI=1S/C11H10F3NO2/c12-11(13,14)17-9-3-1-2-7(6-9)10(16)15-8-4-5-8/h1-3,6,8H,4-5H2,(H,15,16). The Kier molecular flexibility index (Phi) is 2.95. The molecule has 6 heteroatoms. The molecule has 0 aromatic heterocycles. The average molecular weight is 245 g/mol. The molecule has 3 nitrogen and oxygen atoms in total. The summed E-state index contributed by atoms with van der Waals surface area (Å²) in [5.74, 6) is -0.763. The van der Waals surface area contributed by atoms with Gasteiger partial charge in [-0.15, -0.1) is 13.2 Å². The van der Waals surface area contributed by atoms with E-state index < -0.39 is 6.36 Å². The average Bonchev–Trinajstić information content (AvgIpc) is 2.99. The first-order valence-electron chi connectivity index (χ1n) is 5.11. The van der Waals surface area contributed by atoms with E-state index in [9.17, 15) is 18.0 Å². The minimum absolute atomic E-state index is 0.162. The molecule has 1 aliphatic rings. The van der Waals surface area contributed by atoms with Gasteiger partial charge in [-0.05, 0) is 31.0 Å². The zero-order valence-electron chi connectivity index (χ0n) is 8.75. The third-order valence-electron chi connectivity index (χ3n) is 2.24. The molecule has 0 aliphatic heterocycles. The van der Waals surface area contributed by atoms with Crippen LogP contribution in [0, 0.1) is 0 Å². The van der Waals surface area contributed by atoms with E-state index in [1.807, 2.05) is 0 Å². The van der Waals surface area contributed by atoms with Gasteiger partial charge in [0.25, 0.3) is 5.91 Å². The van der Waals surface area contributed by atoms with Gasteiger partial charge in [-0.3, -0.25) is 4.79 Å². The summed E-state index contributed by atoms with van der Waals surface area (Å²) in [4.78, 5) is 11.6. The molecule has 1 saturated carbocycles. The molecule has 1 aliphatic carbocycles. The first-order valence-corrected chi connectivity index (χ1v) is 5.11. The third-order valence-corrected chi connectivity index (χ3v) is 2.24. The number of ether oxygens (including phenoxy) is 1. The summed E-state index contributed by atoms with van der Waals surface area (Å²) in [5.41, 5.74) is 0.165. The molecule has 1 aromatic carbocycles. The normalized spacial score (nSPS) is 15.5. The first kappa shape index (κ1) is 11.8. The molecule has 0 bridgehead atoms. The van der Waals surface area contributed by atoms with E-state index >= 15 is 0 Å². The molecular formula is C11H10F3NO2. The lowest BCUT2D eigenvalue weighted by Crippen LogP contribution is -2.25. The number of benzene rings is 1. The van der Waals surface area contributed by atoms with Gasteiger partial charge in [-0.1, -0.05) is 6.07 Å². The number of carbonyl (C=O) groups is 1. The van der Waals surface area contributed by atoms with E-state index in [0.29, 0.717) is 0 Å². The van der Waals surface area contributed by atoms with Crippen molar-refractivity contribution in [2.45, 2.75) is 25.2 Å². The minimum atomic E-state index is -4.74. The minimum Gasteiger partial charge on any atom is -0.406 e. The topological polar surface area (TPSA) is 38.3 Å². The lowest BCUT2D eigenvalue weighted by molar-refractivity contribution is -0.274. The molecule has 17 heavy (non-hydrogen) atoms. The van der Waals surface area contributed by atoms with Crippen molar-refractivity contribution in [1.29, 1.82) is 0 Å². The Balaban J connectivity index is 2.07. The summed E-state index contributed by atoms with van der Waals surface area (Å²) in [7, 11) is 0. The van der Waals surface area contributed by atoms with E-state index in [4.69, 9.17) is 0 Å². The Morgan fingerprint density at radius 2 is 2.06 bits per heavy atom. The van der Waals surface area contributed by atoms with E-state index in [-0.39, 0.29) is 23.3 Å². The number of halogens is 3. The molecule has 2 rings (SSSR count). The Hall–Kier alpha value is -1.72. The van der Waals surface area contributed by atoms with Crippen LogP contribution in [0.5, 0.6) is 5.75 Å². The van der Waals surface area contributed by atoms with E-state index in [1.54, 1.807) is 0 Å². The van der Waals surface area contributed by atoms with Gasteiger partial charge in [0.1, 0.15) is 5.75 Å². The van der Waals surface area contributed by atoms with Crippen LogP contribution in [0.3, 0.4) is 0 Å². The van der Waals surface area contributed by atoms with Gasteiger partial charge in [0.2, 0.25) is 0 Å². The summed E-state index contributed by atoms with van der Waals surface area (Å²) < 4.78 is 39.6. The van der Waals surface area contributed by atoms with Crippen molar-refractivity contribution in [3.63, 3.8) is 0 Å². The fourth-order valence-electron chi connectivity index (χ4n) is 1.33. The number of hydrogen-bond donors (Lipinski definition) is 1. The monoisotopic (exact) mass is 245 g/mol. The summed E-state index contributed by atoms with van der Waals surface area (Å²) >= 11 is 0. The molecule has 0 spiro atoms. The lowest BCUT2D eigenvalue weighted by atomic mass is 10.2. The van der Waals surface area contributed by atoms with Gasteiger partial charge < -0.3 is 10.1 Å². The van der Waals surface area contributed by atoms with Gasteiger partial charge in [0, 0.05) is 11.6 Å². The Morgan fingerprint density at radius 3 is 2.65 bits per heavy atom. The fraction of sp³-hybridized carbons (Fsp3) is 0.364. The fourth-order valence-corrected chi connectivity index (χ4v) is 1.33. The summed E-state index contributed by atoms with van der Waals surface area (Å²) in [6.07, 6.45) is -2.90. The number of hydrogen-bond acceptors (Lipinski definition) is 2. The van der Waals surface area contributed by atoms with Crippen molar-refractivity contribution in [1.82, 2.24) is 5.32 Å². The van der Waals surface area contributed by atoms with Gasteiger partial charge >= 0.3 is 6.36 Å². The van der Waals surface area contributed by atoms with E-state index in [0.717, 1.165) is 25.0 Å². The second kappa shape index (κ2) is 4.27. The van der Waals surface area contributed by atoms with Crippen LogP contribution in [0.25, 0.3) is 0 Å². The molecule has 1 amide bonds. The summed E-state index contributed by atoms with van der Waals surface area (Å²) in [6, 6.07) is 5.19. The third kappa shape index (κ3) is 3.65. The predicted octanol–water partition coefficient (Wildman–Crippen LogP) is 2.48. The van der Waals surface area contributed by atoms with Crippen molar-refractivity contribution in [3.8, 4) is 5.75 Å². The second-order valence-electron chi connectivity index (χ2n) is 3.82. The predicted molar refractivity (Wildman–Crippen MR) is 53.6 cm³/mol. The maximum Gasteiger partial charge on any atom is 0.573 e. The van der Waals surface area contributed by atoms with Crippen LogP contribution in [0.2, 0.25) is 0 Å². The highest BCUT2D eigenvalue weighted by atomic mass is 19.4. The van der Waals surface area contributed by atoms with Gasteiger partial charge in [0.05, 0.1) is 0 Å². The molecule has 0 unspecified atom stereocenters. The van der Waals surface area contributed by atoms with Gasteiger partial charge in [-0.2, -0.15) is 0 Å². The zero-order valence-corrected chi connectivity index (χ0v) is 8.75. The Bertz CT molecular complexity index is 427. The molecule has 92 valence electrons. The second-order valence-corrected chi connectivity index (χ2v) is 3.82. The Labute approximate surface area is 95.6 Å². The summed E-state index contributed by atoms with van der Waals surface area (Å²) in [6.45, 7) is 0. The quantitative estimate of drug-likeness (QED) is 0.888. The molecule has 1 fully saturated rings. The van der Waals surface area contributed by atoms with Crippen LogP contribution in [0.4, 0.5) is 13.2 Å². The van der Waals surface area contributed by atoms with Crippen molar-refractivity contribution < 1.29 is 22.7 Å². The number of alkyl halides is 3. The maximum atomic E-state index is 12.0. The van der Waals surface area contributed by atoms with Crippen molar-refractivity contribution in [2.75, 3.05) is 0 Å². The lowest BCUT2D eigenvalue weighted by Gasteiger charge is -2.10. The number of carbonyl (C=O) groups excluding carboxylic acids is 1. The summed E-state index contributed by atoms with van der Waals surface area (Å²) in [5, 5.41) is 2.68. The molecule has 0 saturated heterocycles. The van der Waals surface area contributed by atoms with Gasteiger partial charge in [-0.25, -0.2) is 0 Å². The maximum absolute atomic E-state index is 12.0. The largest absolute Gasteiger partial charge is 0.573 e. The SMILES string of the molecule is O=C(NC1CC1)c1cccc(OC(F)(F)F)c1. The van der Waals surface area contributed by atoms with Crippen LogP contribution in [0.1, 0.15) is 23.2 Å². The highest BCUT2D eigenvalue weighted by molar-refractivity contribution is 5.94. The number of nitrogens with one attached hydrogen (secondary N) is 1. The van der Waals surface area contributed by atoms with Crippen LogP contribution in [-0.4, -0.2) is 18.3 Å². The van der Waals surface area contributed by atoms with E-state index in [2.05, 4.69) is 10.1 Å². The van der Waals surface area contributed by atoms with Crippen molar-refractivity contribution in [2.24, 2.45) is 0 Å². The van der Waals surface area contributed by atoms with Crippen LogP contribution in [-0.2, 0) is 0 Å². The van der Waals surface area contributed by atoms with Gasteiger partial charge in [0.15, 0.2) is 0 Å². The van der Waals surface area contributed by atoms with Crippen molar-refractivity contribution >= 4 is 5.91 Å². The zero-order chi connectivity index (χ0) is 12.5. The smallest absolute Gasteiger partial charge is 0.406 e. The number of amides is 1. The van der Waals surface area contributed by atoms with Crippen LogP contribution >= 0.6 is 0 Å². The highest BCUT2D eigenvalue weighted by Crippen LogP contribution is 2.24. The molecular weight excluding hydrogens is 235 g/mol. The van der Waals surface area contributed by atoms with Crippen LogP contribution in [0.15, 0.2) is 24.3 Å². The molecule has 0 radical (unpaired) electrons. The molecule has 1 aromatic rings. The van der Waals surface area contributed by atoms with Crippen LogP contribution < -0.4 is 10.1 Å². The number of rotatable bonds is 3. The highest BCUT2D eigenvalue weighted by Gasteiger charge is 2.31. The Morgan fingerprint density at radius 1 is 1.35 bits per heavy atom. The molecule has 0 heterocycles. The van der Waals surface area contributed by atoms with E-state index in [1.165, 1.54) is 12.1 Å². The molecule has 0 atom stereocenters. The van der Waals surface area contributed by atoms with Crippen molar-refractivity contribution in [3.05, 3.63) is 29.8 Å².